The van der Waals surface area contributed by atoms with Crippen LogP contribution in [-0.2, 0) is 11.3 Å². The summed E-state index contributed by atoms with van der Waals surface area (Å²) < 4.78 is 2.00. The van der Waals surface area contributed by atoms with Gasteiger partial charge in [-0.15, -0.1) is 0 Å². The van der Waals surface area contributed by atoms with Crippen LogP contribution in [-0.4, -0.2) is 21.5 Å². The van der Waals surface area contributed by atoms with Crippen molar-refractivity contribution >= 4 is 16.9 Å². The molecule has 0 bridgehead atoms. The topological polar surface area (TPSA) is 46.9 Å². The average Bonchev–Trinajstić information content (AvgIpc) is 2.78. The molecule has 1 aromatic heterocycles. The third-order valence-corrected chi connectivity index (χ3v) is 4.60. The molecule has 1 heterocycles. The largest absolute Gasteiger partial charge is 0.352 e. The van der Waals surface area contributed by atoms with Gasteiger partial charge in [0.15, 0.2) is 0 Å². The molecule has 2 unspecified atom stereocenters. The predicted molar refractivity (Wildman–Crippen MR) is 84.0 cm³/mol. The molecule has 3 rings (SSSR count). The highest BCUT2D eigenvalue weighted by atomic mass is 16.2. The maximum atomic E-state index is 12.4. The Hall–Kier alpha value is -1.84. The number of imidazole rings is 1. The molecule has 0 spiro atoms. The molecule has 1 aliphatic carbocycles. The molecule has 1 saturated carbocycles. The number of benzene rings is 1. The number of aromatic nitrogens is 2. The van der Waals surface area contributed by atoms with Gasteiger partial charge in [0.05, 0.1) is 11.0 Å². The highest BCUT2D eigenvalue weighted by Crippen LogP contribution is 2.23. The summed E-state index contributed by atoms with van der Waals surface area (Å²) in [5, 5.41) is 3.21. The van der Waals surface area contributed by atoms with E-state index in [2.05, 4.69) is 17.2 Å². The number of nitrogens with zero attached hydrogens (tertiary/aromatic N) is 2. The lowest BCUT2D eigenvalue weighted by molar-refractivity contribution is -0.122. The van der Waals surface area contributed by atoms with Crippen LogP contribution in [0.15, 0.2) is 24.3 Å². The van der Waals surface area contributed by atoms with Gasteiger partial charge >= 0.3 is 0 Å². The molecule has 4 nitrogen and oxygen atoms in total. The van der Waals surface area contributed by atoms with Crippen molar-refractivity contribution < 1.29 is 4.79 Å². The Morgan fingerprint density at radius 1 is 1.33 bits per heavy atom. The fourth-order valence-corrected chi connectivity index (χ4v) is 3.32. The maximum absolute atomic E-state index is 12.4. The van der Waals surface area contributed by atoms with Crippen molar-refractivity contribution in [2.45, 2.75) is 52.1 Å². The summed E-state index contributed by atoms with van der Waals surface area (Å²) in [6.07, 6.45) is 4.84. The third-order valence-electron chi connectivity index (χ3n) is 4.60. The van der Waals surface area contributed by atoms with Crippen LogP contribution >= 0.6 is 0 Å². The molecular formula is C17H23N3O. The first-order valence-electron chi connectivity index (χ1n) is 7.86. The summed E-state index contributed by atoms with van der Waals surface area (Å²) in [5.74, 6) is 1.58. The fourth-order valence-electron chi connectivity index (χ4n) is 3.32. The Kier molecular flexibility index (Phi) is 3.95. The quantitative estimate of drug-likeness (QED) is 0.942. The van der Waals surface area contributed by atoms with Gasteiger partial charge in [-0.2, -0.15) is 0 Å². The lowest BCUT2D eigenvalue weighted by atomic mass is 9.86. The molecule has 21 heavy (non-hydrogen) atoms. The molecule has 0 aliphatic heterocycles. The zero-order valence-electron chi connectivity index (χ0n) is 12.8. The zero-order chi connectivity index (χ0) is 14.8. The third kappa shape index (κ3) is 2.94. The van der Waals surface area contributed by atoms with E-state index in [1.54, 1.807) is 0 Å². The van der Waals surface area contributed by atoms with Crippen molar-refractivity contribution in [1.29, 1.82) is 0 Å². The molecule has 1 aliphatic rings. The number of aryl methyl sites for hydroxylation is 1. The zero-order valence-corrected chi connectivity index (χ0v) is 12.8. The highest BCUT2D eigenvalue weighted by Gasteiger charge is 2.23. The van der Waals surface area contributed by atoms with Crippen LogP contribution in [0.3, 0.4) is 0 Å². The van der Waals surface area contributed by atoms with Crippen molar-refractivity contribution in [1.82, 2.24) is 14.9 Å². The lowest BCUT2D eigenvalue weighted by Gasteiger charge is -2.29. The molecule has 2 aromatic rings. The Bertz CT molecular complexity index is 647. The molecule has 1 amide bonds. The number of nitrogens with one attached hydrogen (secondary N) is 1. The smallest absolute Gasteiger partial charge is 0.240 e. The molecule has 112 valence electrons. The number of para-hydroxylation sites is 2. The standard InChI is InChI=1S/C17H23N3O/c1-12-7-3-4-8-14(12)19-17(21)11-20-13(2)18-15-9-5-6-10-16(15)20/h5-6,9-10,12,14H,3-4,7-8,11H2,1-2H3,(H,19,21). The van der Waals surface area contributed by atoms with E-state index in [9.17, 15) is 4.79 Å². The van der Waals surface area contributed by atoms with Gasteiger partial charge in [-0.1, -0.05) is 31.9 Å². The molecule has 0 saturated heterocycles. The number of hydrogen-bond donors (Lipinski definition) is 1. The van der Waals surface area contributed by atoms with Crippen LogP contribution in [0.25, 0.3) is 11.0 Å². The molecular weight excluding hydrogens is 262 g/mol. The molecule has 4 heteroatoms. The van der Waals surface area contributed by atoms with Crippen LogP contribution in [0.2, 0.25) is 0 Å². The van der Waals surface area contributed by atoms with E-state index >= 15 is 0 Å². The van der Waals surface area contributed by atoms with Crippen LogP contribution < -0.4 is 5.32 Å². The Labute approximate surface area is 125 Å². The van der Waals surface area contributed by atoms with Crippen molar-refractivity contribution in [3.63, 3.8) is 0 Å². The van der Waals surface area contributed by atoms with Gasteiger partial charge in [0.2, 0.25) is 5.91 Å². The summed E-state index contributed by atoms with van der Waals surface area (Å²) >= 11 is 0. The number of carbonyl (C=O) groups is 1. The summed E-state index contributed by atoms with van der Waals surface area (Å²) in [4.78, 5) is 16.9. The first-order valence-corrected chi connectivity index (χ1v) is 7.86. The second-order valence-corrected chi connectivity index (χ2v) is 6.17. The van der Waals surface area contributed by atoms with Crippen LogP contribution in [0.4, 0.5) is 0 Å². The number of hydrogen-bond acceptors (Lipinski definition) is 2. The summed E-state index contributed by atoms with van der Waals surface area (Å²) in [6, 6.07) is 8.30. The lowest BCUT2D eigenvalue weighted by Crippen LogP contribution is -2.42. The minimum absolute atomic E-state index is 0.0972. The van der Waals surface area contributed by atoms with E-state index in [0.717, 1.165) is 23.3 Å². The maximum Gasteiger partial charge on any atom is 0.240 e. The minimum atomic E-state index is 0.0972. The second kappa shape index (κ2) is 5.88. The van der Waals surface area contributed by atoms with Crippen LogP contribution in [0.1, 0.15) is 38.4 Å². The number of fused-ring (bicyclic) bond motifs is 1. The van der Waals surface area contributed by atoms with E-state index in [1.807, 2.05) is 35.8 Å². The Balaban J connectivity index is 1.73. The summed E-state index contributed by atoms with van der Waals surface area (Å²) in [6.45, 7) is 4.55. The van der Waals surface area contributed by atoms with Crippen molar-refractivity contribution in [3.8, 4) is 0 Å². The normalized spacial score (nSPS) is 22.4. The van der Waals surface area contributed by atoms with Gasteiger partial charge in [0, 0.05) is 6.04 Å². The van der Waals surface area contributed by atoms with Crippen LogP contribution in [0, 0.1) is 12.8 Å². The van der Waals surface area contributed by atoms with Gasteiger partial charge in [0.1, 0.15) is 12.4 Å². The first kappa shape index (κ1) is 14.1. The van der Waals surface area contributed by atoms with Crippen LogP contribution in [0.5, 0.6) is 0 Å². The minimum Gasteiger partial charge on any atom is -0.352 e. The Morgan fingerprint density at radius 2 is 2.10 bits per heavy atom. The van der Waals surface area contributed by atoms with Gasteiger partial charge < -0.3 is 9.88 Å². The highest BCUT2D eigenvalue weighted by molar-refractivity contribution is 5.81. The number of rotatable bonds is 3. The second-order valence-electron chi connectivity index (χ2n) is 6.17. The first-order chi connectivity index (χ1) is 10.1. The van der Waals surface area contributed by atoms with E-state index in [1.165, 1.54) is 19.3 Å². The molecule has 1 N–H and O–H groups in total. The number of carbonyl (C=O) groups excluding carboxylic acids is 1. The van der Waals surface area contributed by atoms with Gasteiger partial charge in [-0.3, -0.25) is 4.79 Å². The van der Waals surface area contributed by atoms with E-state index in [-0.39, 0.29) is 5.91 Å². The van der Waals surface area contributed by atoms with E-state index in [0.29, 0.717) is 18.5 Å². The SMILES string of the molecule is Cc1nc2ccccc2n1CC(=O)NC1CCCCC1C. The average molecular weight is 285 g/mol. The van der Waals surface area contributed by atoms with Gasteiger partial charge in [-0.25, -0.2) is 4.98 Å². The van der Waals surface area contributed by atoms with Crippen molar-refractivity contribution in [2.24, 2.45) is 5.92 Å². The van der Waals surface area contributed by atoms with Crippen molar-refractivity contribution in [2.75, 3.05) is 0 Å². The van der Waals surface area contributed by atoms with E-state index in [4.69, 9.17) is 0 Å². The summed E-state index contributed by atoms with van der Waals surface area (Å²) in [5.41, 5.74) is 1.98. The fraction of sp³-hybridized carbons (Fsp3) is 0.529. The molecule has 1 aromatic carbocycles. The van der Waals surface area contributed by atoms with Gasteiger partial charge in [0.25, 0.3) is 0 Å². The monoisotopic (exact) mass is 285 g/mol. The summed E-state index contributed by atoms with van der Waals surface area (Å²) in [7, 11) is 0. The molecule has 0 radical (unpaired) electrons. The van der Waals surface area contributed by atoms with Crippen molar-refractivity contribution in [3.05, 3.63) is 30.1 Å². The molecule has 2 atom stereocenters. The predicted octanol–water partition coefficient (Wildman–Crippen LogP) is 3.04. The van der Waals surface area contributed by atoms with Gasteiger partial charge in [-0.05, 0) is 37.8 Å². The van der Waals surface area contributed by atoms with E-state index < -0.39 is 0 Å². The Morgan fingerprint density at radius 3 is 2.90 bits per heavy atom. The molecule has 1 fully saturated rings. The number of amides is 1.